The summed E-state index contributed by atoms with van der Waals surface area (Å²) >= 11 is 3.41. The first kappa shape index (κ1) is 15.7. The summed E-state index contributed by atoms with van der Waals surface area (Å²) in [6.07, 6.45) is 0. The standard InChI is InChI=1S/C16H17BrO4/c1-19-13-3-5-14(6-4-13)20-8-9-21-16-7-2-12(11-18)10-15(16)17/h2-7,10,18H,8-9,11H2,1H3. The summed E-state index contributed by atoms with van der Waals surface area (Å²) in [7, 11) is 1.63. The molecule has 2 aromatic rings. The lowest BCUT2D eigenvalue weighted by molar-refractivity contribution is 0.216. The summed E-state index contributed by atoms with van der Waals surface area (Å²) < 4.78 is 17.1. The molecule has 0 fully saturated rings. The zero-order valence-corrected chi connectivity index (χ0v) is 13.3. The Morgan fingerprint density at radius 2 is 1.62 bits per heavy atom. The monoisotopic (exact) mass is 352 g/mol. The second-order valence-corrected chi connectivity index (χ2v) is 5.15. The third kappa shape index (κ3) is 4.65. The van der Waals surface area contributed by atoms with Crippen molar-refractivity contribution in [1.29, 1.82) is 0 Å². The van der Waals surface area contributed by atoms with E-state index in [0.717, 1.165) is 27.3 Å². The topological polar surface area (TPSA) is 47.9 Å². The molecule has 1 N–H and O–H groups in total. The third-order valence-electron chi connectivity index (χ3n) is 2.85. The predicted molar refractivity (Wildman–Crippen MR) is 84.0 cm³/mol. The number of aliphatic hydroxyl groups is 1. The predicted octanol–water partition coefficient (Wildman–Crippen LogP) is 3.41. The quantitative estimate of drug-likeness (QED) is 0.775. The van der Waals surface area contributed by atoms with Gasteiger partial charge < -0.3 is 19.3 Å². The lowest BCUT2D eigenvalue weighted by Crippen LogP contribution is -2.09. The fourth-order valence-corrected chi connectivity index (χ4v) is 2.28. The number of halogens is 1. The van der Waals surface area contributed by atoms with E-state index in [1.807, 2.05) is 42.5 Å². The third-order valence-corrected chi connectivity index (χ3v) is 3.47. The minimum absolute atomic E-state index is 0.0134. The zero-order chi connectivity index (χ0) is 15.1. The molecule has 0 saturated carbocycles. The average Bonchev–Trinajstić information content (AvgIpc) is 2.53. The molecule has 2 rings (SSSR count). The van der Waals surface area contributed by atoms with Crippen LogP contribution in [-0.4, -0.2) is 25.4 Å². The molecule has 21 heavy (non-hydrogen) atoms. The van der Waals surface area contributed by atoms with Crippen molar-refractivity contribution < 1.29 is 19.3 Å². The van der Waals surface area contributed by atoms with Crippen LogP contribution in [-0.2, 0) is 6.61 Å². The van der Waals surface area contributed by atoms with Gasteiger partial charge in [-0.2, -0.15) is 0 Å². The van der Waals surface area contributed by atoms with Crippen molar-refractivity contribution in [3.8, 4) is 17.2 Å². The number of rotatable bonds is 7. The number of hydrogen-bond acceptors (Lipinski definition) is 4. The van der Waals surface area contributed by atoms with Crippen LogP contribution >= 0.6 is 15.9 Å². The van der Waals surface area contributed by atoms with Gasteiger partial charge in [0.15, 0.2) is 0 Å². The minimum atomic E-state index is 0.0134. The normalized spacial score (nSPS) is 10.2. The molecule has 0 heterocycles. The van der Waals surface area contributed by atoms with Gasteiger partial charge in [0.05, 0.1) is 18.2 Å². The number of methoxy groups -OCH3 is 1. The Morgan fingerprint density at radius 3 is 2.24 bits per heavy atom. The molecule has 0 amide bonds. The van der Waals surface area contributed by atoms with Crippen LogP contribution in [0.1, 0.15) is 5.56 Å². The fraction of sp³-hybridized carbons (Fsp3) is 0.250. The van der Waals surface area contributed by atoms with Crippen LogP contribution in [0.2, 0.25) is 0 Å². The van der Waals surface area contributed by atoms with E-state index in [-0.39, 0.29) is 6.61 Å². The number of benzene rings is 2. The maximum Gasteiger partial charge on any atom is 0.133 e. The molecular weight excluding hydrogens is 336 g/mol. The molecule has 0 aliphatic carbocycles. The van der Waals surface area contributed by atoms with Gasteiger partial charge in [-0.15, -0.1) is 0 Å². The molecule has 0 unspecified atom stereocenters. The SMILES string of the molecule is COc1ccc(OCCOc2ccc(CO)cc2Br)cc1. The van der Waals surface area contributed by atoms with E-state index in [2.05, 4.69) is 15.9 Å². The van der Waals surface area contributed by atoms with Gasteiger partial charge in [0.1, 0.15) is 30.5 Å². The maximum atomic E-state index is 9.04. The van der Waals surface area contributed by atoms with Crippen molar-refractivity contribution in [2.75, 3.05) is 20.3 Å². The van der Waals surface area contributed by atoms with Gasteiger partial charge >= 0.3 is 0 Å². The van der Waals surface area contributed by atoms with E-state index in [0.29, 0.717) is 13.2 Å². The summed E-state index contributed by atoms with van der Waals surface area (Å²) in [5, 5.41) is 9.04. The molecule has 5 heteroatoms. The Hall–Kier alpha value is -1.72. The van der Waals surface area contributed by atoms with Crippen molar-refractivity contribution in [3.05, 3.63) is 52.5 Å². The number of ether oxygens (including phenoxy) is 3. The molecule has 0 aliphatic heterocycles. The maximum absolute atomic E-state index is 9.04. The van der Waals surface area contributed by atoms with Crippen LogP contribution in [0.3, 0.4) is 0 Å². The molecule has 0 atom stereocenters. The highest BCUT2D eigenvalue weighted by molar-refractivity contribution is 9.10. The average molecular weight is 353 g/mol. The smallest absolute Gasteiger partial charge is 0.133 e. The molecule has 2 aromatic carbocycles. The highest BCUT2D eigenvalue weighted by Gasteiger charge is 2.02. The highest BCUT2D eigenvalue weighted by atomic mass is 79.9. The fourth-order valence-electron chi connectivity index (χ4n) is 1.74. The molecule has 0 radical (unpaired) electrons. The van der Waals surface area contributed by atoms with Gasteiger partial charge in [-0.25, -0.2) is 0 Å². The van der Waals surface area contributed by atoms with E-state index < -0.39 is 0 Å². The van der Waals surface area contributed by atoms with E-state index in [4.69, 9.17) is 19.3 Å². The van der Waals surface area contributed by atoms with Crippen molar-refractivity contribution in [2.45, 2.75) is 6.61 Å². The lowest BCUT2D eigenvalue weighted by Gasteiger charge is -2.10. The van der Waals surface area contributed by atoms with Crippen molar-refractivity contribution in [1.82, 2.24) is 0 Å². The van der Waals surface area contributed by atoms with Gasteiger partial charge in [-0.3, -0.25) is 0 Å². The molecule has 112 valence electrons. The van der Waals surface area contributed by atoms with E-state index in [9.17, 15) is 0 Å². The van der Waals surface area contributed by atoms with Gasteiger partial charge in [0.25, 0.3) is 0 Å². The van der Waals surface area contributed by atoms with Crippen LogP contribution in [0.25, 0.3) is 0 Å². The first-order valence-corrected chi connectivity index (χ1v) is 7.31. The molecule has 4 nitrogen and oxygen atoms in total. The van der Waals surface area contributed by atoms with Crippen LogP contribution in [0.15, 0.2) is 46.9 Å². The van der Waals surface area contributed by atoms with Gasteiger partial charge in [-0.1, -0.05) is 6.07 Å². The van der Waals surface area contributed by atoms with Gasteiger partial charge in [0.2, 0.25) is 0 Å². The Labute approximate surface area is 132 Å². The number of aliphatic hydroxyl groups excluding tert-OH is 1. The second-order valence-electron chi connectivity index (χ2n) is 4.30. The Kier molecular flexibility index (Phi) is 5.90. The van der Waals surface area contributed by atoms with Crippen LogP contribution < -0.4 is 14.2 Å². The summed E-state index contributed by atoms with van der Waals surface area (Å²) in [6.45, 7) is 0.892. The molecular formula is C16H17BrO4. The molecule has 0 saturated heterocycles. The minimum Gasteiger partial charge on any atom is -0.497 e. The molecule has 0 aromatic heterocycles. The van der Waals surface area contributed by atoms with E-state index in [1.165, 1.54) is 0 Å². The largest absolute Gasteiger partial charge is 0.497 e. The molecule has 0 aliphatic rings. The van der Waals surface area contributed by atoms with Gasteiger partial charge in [-0.05, 0) is 57.9 Å². The Balaban J connectivity index is 1.78. The summed E-state index contributed by atoms with van der Waals surface area (Å²) in [4.78, 5) is 0. The lowest BCUT2D eigenvalue weighted by atomic mass is 10.2. The van der Waals surface area contributed by atoms with Gasteiger partial charge in [0, 0.05) is 0 Å². The Morgan fingerprint density at radius 1 is 0.952 bits per heavy atom. The Bertz CT molecular complexity index is 569. The summed E-state index contributed by atoms with van der Waals surface area (Å²) in [6, 6.07) is 12.9. The van der Waals surface area contributed by atoms with Crippen molar-refractivity contribution in [2.24, 2.45) is 0 Å². The van der Waals surface area contributed by atoms with E-state index in [1.54, 1.807) is 7.11 Å². The van der Waals surface area contributed by atoms with Crippen molar-refractivity contribution in [3.63, 3.8) is 0 Å². The zero-order valence-electron chi connectivity index (χ0n) is 11.7. The summed E-state index contributed by atoms with van der Waals surface area (Å²) in [5.41, 5.74) is 0.837. The summed E-state index contributed by atoms with van der Waals surface area (Å²) in [5.74, 6) is 2.30. The first-order valence-electron chi connectivity index (χ1n) is 6.52. The first-order chi connectivity index (χ1) is 10.2. The van der Waals surface area contributed by atoms with E-state index >= 15 is 0 Å². The highest BCUT2D eigenvalue weighted by Crippen LogP contribution is 2.26. The van der Waals surface area contributed by atoms with Crippen LogP contribution in [0.5, 0.6) is 17.2 Å². The van der Waals surface area contributed by atoms with Crippen LogP contribution in [0.4, 0.5) is 0 Å². The molecule has 0 bridgehead atoms. The van der Waals surface area contributed by atoms with Crippen molar-refractivity contribution >= 4 is 15.9 Å². The second kappa shape index (κ2) is 7.90. The number of hydrogen-bond donors (Lipinski definition) is 1. The molecule has 0 spiro atoms. The van der Waals surface area contributed by atoms with Crippen LogP contribution in [0, 0.1) is 0 Å².